The third-order valence-corrected chi connectivity index (χ3v) is 3.02. The number of amides is 2. The third kappa shape index (κ3) is 4.83. The van der Waals surface area contributed by atoms with Crippen molar-refractivity contribution in [3.05, 3.63) is 28.3 Å². The lowest BCUT2D eigenvalue weighted by Crippen LogP contribution is -2.38. The molecule has 0 aliphatic carbocycles. The quantitative estimate of drug-likeness (QED) is 0.830. The summed E-state index contributed by atoms with van der Waals surface area (Å²) >= 11 is 6.08. The summed E-state index contributed by atoms with van der Waals surface area (Å²) in [5.41, 5.74) is 2.30. The van der Waals surface area contributed by atoms with Gasteiger partial charge in [0.05, 0.1) is 10.7 Å². The van der Waals surface area contributed by atoms with Crippen LogP contribution in [0.1, 0.15) is 11.1 Å². The molecule has 0 fully saturated rings. The second-order valence-electron chi connectivity index (χ2n) is 4.95. The highest BCUT2D eigenvalue weighted by Crippen LogP contribution is 2.27. The number of rotatable bonds is 4. The molecule has 1 aromatic carbocycles. The van der Waals surface area contributed by atoms with Gasteiger partial charge in [0, 0.05) is 13.1 Å². The smallest absolute Gasteiger partial charge is 0.313 e. The van der Waals surface area contributed by atoms with Gasteiger partial charge in [0.1, 0.15) is 0 Å². The Morgan fingerprint density at radius 2 is 1.85 bits per heavy atom. The molecule has 110 valence electrons. The van der Waals surface area contributed by atoms with E-state index in [2.05, 4.69) is 10.6 Å². The number of hydrogen-bond donors (Lipinski definition) is 2. The van der Waals surface area contributed by atoms with Crippen molar-refractivity contribution < 1.29 is 9.59 Å². The number of nitrogens with zero attached hydrogens (tertiary/aromatic N) is 1. The van der Waals surface area contributed by atoms with Gasteiger partial charge in [0.25, 0.3) is 0 Å². The summed E-state index contributed by atoms with van der Waals surface area (Å²) in [5.74, 6) is -1.37. The second kappa shape index (κ2) is 7.26. The zero-order valence-corrected chi connectivity index (χ0v) is 13.0. The number of carbonyl (C=O) groups is 2. The molecule has 0 atom stereocenters. The first-order valence-corrected chi connectivity index (χ1v) is 6.69. The van der Waals surface area contributed by atoms with E-state index in [1.54, 1.807) is 6.07 Å². The zero-order chi connectivity index (χ0) is 15.3. The van der Waals surface area contributed by atoms with Crippen molar-refractivity contribution in [2.45, 2.75) is 13.8 Å². The van der Waals surface area contributed by atoms with Crippen LogP contribution in [-0.4, -0.2) is 43.9 Å². The number of anilines is 1. The van der Waals surface area contributed by atoms with Gasteiger partial charge in [-0.2, -0.15) is 0 Å². The summed E-state index contributed by atoms with van der Waals surface area (Å²) in [4.78, 5) is 25.3. The molecule has 20 heavy (non-hydrogen) atoms. The molecule has 0 unspecified atom stereocenters. The number of nitrogens with one attached hydrogen (secondary N) is 2. The van der Waals surface area contributed by atoms with Gasteiger partial charge in [0.2, 0.25) is 0 Å². The molecule has 1 rings (SSSR count). The van der Waals surface area contributed by atoms with E-state index in [1.165, 1.54) is 0 Å². The molecule has 0 aliphatic rings. The van der Waals surface area contributed by atoms with Crippen molar-refractivity contribution in [1.82, 2.24) is 10.2 Å². The van der Waals surface area contributed by atoms with Crippen molar-refractivity contribution >= 4 is 29.1 Å². The highest BCUT2D eigenvalue weighted by atomic mass is 35.5. The summed E-state index contributed by atoms with van der Waals surface area (Å²) in [5, 5.41) is 5.52. The molecule has 6 heteroatoms. The fraction of sp³-hybridized carbons (Fsp3) is 0.429. The number of benzene rings is 1. The van der Waals surface area contributed by atoms with Crippen molar-refractivity contribution in [3.8, 4) is 0 Å². The first-order valence-electron chi connectivity index (χ1n) is 6.32. The lowest BCUT2D eigenvalue weighted by Gasteiger charge is -2.12. The predicted molar refractivity (Wildman–Crippen MR) is 81.1 cm³/mol. The Balaban J connectivity index is 2.64. The Kier molecular flexibility index (Phi) is 5.98. The maximum Gasteiger partial charge on any atom is 0.313 e. The Hall–Kier alpha value is -1.59. The summed E-state index contributed by atoms with van der Waals surface area (Å²) < 4.78 is 0. The zero-order valence-electron chi connectivity index (χ0n) is 12.2. The van der Waals surface area contributed by atoms with Gasteiger partial charge in [-0.05, 0) is 45.1 Å². The van der Waals surface area contributed by atoms with Crippen molar-refractivity contribution in [1.29, 1.82) is 0 Å². The molecule has 5 nitrogen and oxygen atoms in total. The highest BCUT2D eigenvalue weighted by molar-refractivity contribution is 6.41. The number of hydrogen-bond acceptors (Lipinski definition) is 3. The molecular weight excluding hydrogens is 278 g/mol. The van der Waals surface area contributed by atoms with E-state index in [0.717, 1.165) is 11.1 Å². The number of halogens is 1. The van der Waals surface area contributed by atoms with Gasteiger partial charge in [-0.3, -0.25) is 9.59 Å². The van der Waals surface area contributed by atoms with E-state index in [9.17, 15) is 9.59 Å². The van der Waals surface area contributed by atoms with Crippen molar-refractivity contribution in [2.24, 2.45) is 0 Å². The van der Waals surface area contributed by atoms with E-state index < -0.39 is 11.8 Å². The fourth-order valence-electron chi connectivity index (χ4n) is 1.72. The molecule has 0 heterocycles. The van der Waals surface area contributed by atoms with Crippen LogP contribution in [0, 0.1) is 13.8 Å². The van der Waals surface area contributed by atoms with Crippen LogP contribution >= 0.6 is 11.6 Å². The lowest BCUT2D eigenvalue weighted by atomic mass is 10.1. The minimum absolute atomic E-state index is 0.417. The monoisotopic (exact) mass is 297 g/mol. The second-order valence-corrected chi connectivity index (χ2v) is 5.36. The van der Waals surface area contributed by atoms with Gasteiger partial charge in [0.15, 0.2) is 0 Å². The molecule has 0 aliphatic heterocycles. The molecule has 0 bridgehead atoms. The Morgan fingerprint density at radius 3 is 2.40 bits per heavy atom. The van der Waals surface area contributed by atoms with Crippen LogP contribution in [0.15, 0.2) is 12.1 Å². The summed E-state index contributed by atoms with van der Waals surface area (Å²) in [6.07, 6.45) is 0. The van der Waals surface area contributed by atoms with Crippen LogP contribution in [0.5, 0.6) is 0 Å². The van der Waals surface area contributed by atoms with E-state index in [-0.39, 0.29) is 0 Å². The van der Waals surface area contributed by atoms with Gasteiger partial charge in [-0.15, -0.1) is 0 Å². The first kappa shape index (κ1) is 16.5. The number of likely N-dealkylation sites (N-methyl/N-ethyl adjacent to an activating group) is 1. The van der Waals surface area contributed by atoms with Crippen LogP contribution in [0.3, 0.4) is 0 Å². The van der Waals surface area contributed by atoms with E-state index in [1.807, 2.05) is 38.9 Å². The Labute approximate surface area is 124 Å². The summed E-state index contributed by atoms with van der Waals surface area (Å²) in [6, 6.07) is 3.64. The molecule has 2 amide bonds. The molecule has 2 N–H and O–H groups in total. The average Bonchev–Trinajstić information content (AvgIpc) is 2.32. The standard InChI is InChI=1S/C14H20ClN3O2/c1-9-7-10(2)12(11(15)8-9)17-14(20)13(19)16-5-6-18(3)4/h7-8H,5-6H2,1-4H3,(H,16,19)(H,17,20). The first-order chi connectivity index (χ1) is 9.31. The van der Waals surface area contributed by atoms with Crippen LogP contribution < -0.4 is 10.6 Å². The summed E-state index contributed by atoms with van der Waals surface area (Å²) in [6.45, 7) is 4.83. The van der Waals surface area contributed by atoms with Gasteiger partial charge >= 0.3 is 11.8 Å². The number of carbonyl (C=O) groups excluding carboxylic acids is 2. The SMILES string of the molecule is Cc1cc(C)c(NC(=O)C(=O)NCCN(C)C)c(Cl)c1. The summed E-state index contributed by atoms with van der Waals surface area (Å²) in [7, 11) is 3.78. The predicted octanol–water partition coefficient (Wildman–Crippen LogP) is 1.57. The topological polar surface area (TPSA) is 61.4 Å². The Bertz CT molecular complexity index is 492. The average molecular weight is 298 g/mol. The van der Waals surface area contributed by atoms with Crippen LogP contribution in [-0.2, 0) is 9.59 Å². The van der Waals surface area contributed by atoms with E-state index in [4.69, 9.17) is 11.6 Å². The van der Waals surface area contributed by atoms with Crippen molar-refractivity contribution in [3.63, 3.8) is 0 Å². The molecular formula is C14H20ClN3O2. The van der Waals surface area contributed by atoms with Gasteiger partial charge in [-0.1, -0.05) is 17.7 Å². The molecule has 0 saturated heterocycles. The van der Waals surface area contributed by atoms with Crippen molar-refractivity contribution in [2.75, 3.05) is 32.5 Å². The third-order valence-electron chi connectivity index (χ3n) is 2.72. The highest BCUT2D eigenvalue weighted by Gasteiger charge is 2.16. The molecule has 0 spiro atoms. The van der Waals surface area contributed by atoms with Gasteiger partial charge in [-0.25, -0.2) is 0 Å². The molecule has 1 aromatic rings. The maximum atomic E-state index is 11.8. The van der Waals surface area contributed by atoms with Crippen LogP contribution in [0.25, 0.3) is 0 Å². The fourth-order valence-corrected chi connectivity index (χ4v) is 2.09. The van der Waals surface area contributed by atoms with E-state index >= 15 is 0 Å². The lowest BCUT2D eigenvalue weighted by molar-refractivity contribution is -0.136. The largest absolute Gasteiger partial charge is 0.347 e. The minimum Gasteiger partial charge on any atom is -0.347 e. The maximum absolute atomic E-state index is 11.8. The van der Waals surface area contributed by atoms with Gasteiger partial charge < -0.3 is 15.5 Å². The van der Waals surface area contributed by atoms with E-state index in [0.29, 0.717) is 23.8 Å². The number of aryl methyl sites for hydroxylation is 2. The molecule has 0 radical (unpaired) electrons. The van der Waals surface area contributed by atoms with Crippen LogP contribution in [0.4, 0.5) is 5.69 Å². The minimum atomic E-state index is -0.711. The molecule has 0 saturated carbocycles. The normalized spacial score (nSPS) is 10.5. The Morgan fingerprint density at radius 1 is 1.20 bits per heavy atom. The van der Waals surface area contributed by atoms with Crippen LogP contribution in [0.2, 0.25) is 5.02 Å². The molecule has 0 aromatic heterocycles.